The zero-order chi connectivity index (χ0) is 11.5. The molecular formula is C12H22N4. The van der Waals surface area contributed by atoms with Crippen molar-refractivity contribution in [2.75, 3.05) is 13.1 Å². The predicted octanol–water partition coefficient (Wildman–Crippen LogP) is 1.13. The van der Waals surface area contributed by atoms with Crippen LogP contribution in [-0.2, 0) is 13.1 Å². The normalized spacial score (nSPS) is 21.8. The van der Waals surface area contributed by atoms with Crippen molar-refractivity contribution < 1.29 is 0 Å². The van der Waals surface area contributed by atoms with Crippen molar-refractivity contribution in [2.24, 2.45) is 5.73 Å². The summed E-state index contributed by atoms with van der Waals surface area (Å²) in [5, 5.41) is 4.48. The minimum absolute atomic E-state index is 0.570. The molecular weight excluding hydrogens is 200 g/mol. The monoisotopic (exact) mass is 222 g/mol. The van der Waals surface area contributed by atoms with E-state index in [2.05, 4.69) is 34.6 Å². The summed E-state index contributed by atoms with van der Waals surface area (Å²) < 4.78 is 2.10. The summed E-state index contributed by atoms with van der Waals surface area (Å²) in [6.07, 6.45) is 2.52. The first-order valence-corrected chi connectivity index (χ1v) is 6.22. The molecule has 0 amide bonds. The summed E-state index contributed by atoms with van der Waals surface area (Å²) in [5.41, 5.74) is 8.22. The first kappa shape index (κ1) is 11.6. The molecule has 1 aliphatic rings. The fraction of sp³-hybridized carbons (Fsp3) is 0.750. The topological polar surface area (TPSA) is 47.1 Å². The van der Waals surface area contributed by atoms with Gasteiger partial charge in [-0.25, -0.2) is 0 Å². The molecule has 2 N–H and O–H groups in total. The molecule has 0 bridgehead atoms. The minimum atomic E-state index is 0.570. The number of hydrogen-bond acceptors (Lipinski definition) is 3. The molecule has 0 radical (unpaired) electrons. The molecule has 1 aliphatic heterocycles. The van der Waals surface area contributed by atoms with Crippen LogP contribution in [-0.4, -0.2) is 33.8 Å². The number of nitrogens with zero attached hydrogens (tertiary/aromatic N) is 3. The average molecular weight is 222 g/mol. The molecule has 4 heteroatoms. The fourth-order valence-electron chi connectivity index (χ4n) is 2.58. The third kappa shape index (κ3) is 2.28. The second-order valence-corrected chi connectivity index (χ2v) is 4.60. The van der Waals surface area contributed by atoms with Gasteiger partial charge in [0.2, 0.25) is 0 Å². The van der Waals surface area contributed by atoms with E-state index >= 15 is 0 Å². The van der Waals surface area contributed by atoms with Crippen LogP contribution in [0.15, 0.2) is 6.07 Å². The number of likely N-dealkylation sites (tertiary alicyclic amines) is 1. The summed E-state index contributed by atoms with van der Waals surface area (Å²) in [4.78, 5) is 2.49. The quantitative estimate of drug-likeness (QED) is 0.831. The molecule has 0 aliphatic carbocycles. The van der Waals surface area contributed by atoms with E-state index in [1.165, 1.54) is 25.1 Å². The van der Waals surface area contributed by atoms with Gasteiger partial charge < -0.3 is 5.73 Å². The zero-order valence-corrected chi connectivity index (χ0v) is 10.3. The number of hydrogen-bond donors (Lipinski definition) is 1. The lowest BCUT2D eigenvalue weighted by Gasteiger charge is -2.23. The summed E-state index contributed by atoms with van der Waals surface area (Å²) in [7, 11) is 0. The zero-order valence-electron chi connectivity index (χ0n) is 10.3. The maximum Gasteiger partial charge on any atom is 0.0597 e. The highest BCUT2D eigenvalue weighted by Crippen LogP contribution is 2.19. The van der Waals surface area contributed by atoms with E-state index in [-0.39, 0.29) is 0 Å². The molecule has 2 rings (SSSR count). The standard InChI is InChI=1S/C12H22N4/c1-3-16-12(7-10(2)14-16)9-15-6-4-5-11(15)8-13/h7,11H,3-6,8-9,13H2,1-2H3. The molecule has 1 aromatic rings. The third-order valence-electron chi connectivity index (χ3n) is 3.42. The highest BCUT2D eigenvalue weighted by atomic mass is 15.3. The van der Waals surface area contributed by atoms with Gasteiger partial charge in [0, 0.05) is 25.7 Å². The van der Waals surface area contributed by atoms with Crippen LogP contribution in [0.25, 0.3) is 0 Å². The van der Waals surface area contributed by atoms with E-state index in [1.807, 2.05) is 0 Å². The molecule has 1 aromatic heterocycles. The summed E-state index contributed by atoms with van der Waals surface area (Å²) in [6.45, 7) is 8.09. The molecule has 1 unspecified atom stereocenters. The molecule has 16 heavy (non-hydrogen) atoms. The Balaban J connectivity index is 2.07. The van der Waals surface area contributed by atoms with Gasteiger partial charge in [-0.1, -0.05) is 0 Å². The molecule has 4 nitrogen and oxygen atoms in total. The van der Waals surface area contributed by atoms with Crippen LogP contribution in [0.2, 0.25) is 0 Å². The van der Waals surface area contributed by atoms with E-state index in [4.69, 9.17) is 5.73 Å². The van der Waals surface area contributed by atoms with Gasteiger partial charge in [0.15, 0.2) is 0 Å². The van der Waals surface area contributed by atoms with Crippen molar-refractivity contribution in [1.82, 2.24) is 14.7 Å². The summed E-state index contributed by atoms with van der Waals surface area (Å²) in [5.74, 6) is 0. The average Bonchev–Trinajstić information content (AvgIpc) is 2.85. The van der Waals surface area contributed by atoms with Crippen LogP contribution in [0.3, 0.4) is 0 Å². The fourth-order valence-corrected chi connectivity index (χ4v) is 2.58. The summed E-state index contributed by atoms with van der Waals surface area (Å²) in [6, 6.07) is 2.76. The Morgan fingerprint density at radius 1 is 1.56 bits per heavy atom. The van der Waals surface area contributed by atoms with Crippen LogP contribution >= 0.6 is 0 Å². The highest BCUT2D eigenvalue weighted by molar-refractivity contribution is 5.09. The lowest BCUT2D eigenvalue weighted by molar-refractivity contribution is 0.242. The molecule has 1 atom stereocenters. The lowest BCUT2D eigenvalue weighted by atomic mass is 10.2. The van der Waals surface area contributed by atoms with Crippen LogP contribution in [0.4, 0.5) is 0 Å². The SMILES string of the molecule is CCn1nc(C)cc1CN1CCCC1CN. The predicted molar refractivity (Wildman–Crippen MR) is 65.1 cm³/mol. The molecule has 1 saturated heterocycles. The third-order valence-corrected chi connectivity index (χ3v) is 3.42. The van der Waals surface area contributed by atoms with Crippen molar-refractivity contribution in [3.63, 3.8) is 0 Å². The van der Waals surface area contributed by atoms with Gasteiger partial charge in [-0.05, 0) is 39.3 Å². The Bertz CT molecular complexity index is 345. The Morgan fingerprint density at radius 2 is 2.38 bits per heavy atom. The van der Waals surface area contributed by atoms with Crippen LogP contribution in [0.5, 0.6) is 0 Å². The Morgan fingerprint density at radius 3 is 3.06 bits per heavy atom. The van der Waals surface area contributed by atoms with Crippen LogP contribution in [0, 0.1) is 6.92 Å². The summed E-state index contributed by atoms with van der Waals surface area (Å²) >= 11 is 0. The van der Waals surface area contributed by atoms with Crippen molar-refractivity contribution in [3.8, 4) is 0 Å². The van der Waals surface area contributed by atoms with Crippen molar-refractivity contribution >= 4 is 0 Å². The minimum Gasteiger partial charge on any atom is -0.329 e. The van der Waals surface area contributed by atoms with Crippen molar-refractivity contribution in [3.05, 3.63) is 17.5 Å². The number of aryl methyl sites for hydroxylation is 2. The van der Waals surface area contributed by atoms with E-state index in [0.717, 1.165) is 25.3 Å². The van der Waals surface area contributed by atoms with E-state index < -0.39 is 0 Å². The second kappa shape index (κ2) is 4.97. The Kier molecular flexibility index (Phi) is 3.61. The van der Waals surface area contributed by atoms with E-state index in [9.17, 15) is 0 Å². The molecule has 2 heterocycles. The van der Waals surface area contributed by atoms with E-state index in [1.54, 1.807) is 0 Å². The van der Waals surface area contributed by atoms with Crippen molar-refractivity contribution in [2.45, 2.75) is 45.8 Å². The number of nitrogens with two attached hydrogens (primary N) is 1. The highest BCUT2D eigenvalue weighted by Gasteiger charge is 2.24. The first-order valence-electron chi connectivity index (χ1n) is 6.22. The Hall–Kier alpha value is -0.870. The van der Waals surface area contributed by atoms with Crippen molar-refractivity contribution in [1.29, 1.82) is 0 Å². The largest absolute Gasteiger partial charge is 0.329 e. The maximum absolute atomic E-state index is 5.79. The molecule has 1 fully saturated rings. The van der Waals surface area contributed by atoms with E-state index in [0.29, 0.717) is 6.04 Å². The molecule has 0 saturated carbocycles. The molecule has 90 valence electrons. The van der Waals surface area contributed by atoms with Gasteiger partial charge in [0.05, 0.1) is 11.4 Å². The lowest BCUT2D eigenvalue weighted by Crippen LogP contribution is -2.35. The van der Waals surface area contributed by atoms with Crippen LogP contribution < -0.4 is 5.73 Å². The maximum atomic E-state index is 5.79. The van der Waals surface area contributed by atoms with Gasteiger partial charge in [-0.3, -0.25) is 9.58 Å². The van der Waals surface area contributed by atoms with Gasteiger partial charge in [0.1, 0.15) is 0 Å². The van der Waals surface area contributed by atoms with Gasteiger partial charge >= 0.3 is 0 Å². The molecule has 0 spiro atoms. The van der Waals surface area contributed by atoms with Gasteiger partial charge in [-0.15, -0.1) is 0 Å². The number of aromatic nitrogens is 2. The smallest absolute Gasteiger partial charge is 0.0597 e. The second-order valence-electron chi connectivity index (χ2n) is 4.60. The molecule has 0 aromatic carbocycles. The van der Waals surface area contributed by atoms with Crippen LogP contribution in [0.1, 0.15) is 31.2 Å². The first-order chi connectivity index (χ1) is 7.74. The van der Waals surface area contributed by atoms with Gasteiger partial charge in [0.25, 0.3) is 0 Å². The Labute approximate surface area is 97.4 Å². The van der Waals surface area contributed by atoms with Gasteiger partial charge in [-0.2, -0.15) is 5.10 Å². The number of rotatable bonds is 4.